The summed E-state index contributed by atoms with van der Waals surface area (Å²) >= 11 is 5.60. The highest BCUT2D eigenvalue weighted by atomic mass is 35.5. The van der Waals surface area contributed by atoms with E-state index in [9.17, 15) is 0 Å². The lowest BCUT2D eigenvalue weighted by Crippen LogP contribution is -2.21. The largest absolute Gasteiger partial charge is 0.457 e. The maximum Gasteiger partial charge on any atom is 0.306 e. The number of ether oxygens (including phenoxy) is 2. The van der Waals surface area contributed by atoms with E-state index in [4.69, 9.17) is 25.5 Å². The fourth-order valence-corrected chi connectivity index (χ4v) is 1.30. The lowest BCUT2D eigenvalue weighted by molar-refractivity contribution is -0.147. The second-order valence-corrected chi connectivity index (χ2v) is 3.12. The first-order valence-electron chi connectivity index (χ1n) is 3.90. The van der Waals surface area contributed by atoms with Crippen LogP contribution in [0.25, 0.3) is 0 Å². The van der Waals surface area contributed by atoms with Gasteiger partial charge in [0, 0.05) is 6.92 Å². The van der Waals surface area contributed by atoms with E-state index in [-0.39, 0.29) is 0 Å². The second kappa shape index (κ2) is 3.00. The third-order valence-electron chi connectivity index (χ3n) is 1.88. The second-order valence-electron chi connectivity index (χ2n) is 2.85. The van der Waals surface area contributed by atoms with Crippen LogP contribution in [0.15, 0.2) is 29.1 Å². The highest BCUT2D eigenvalue weighted by Crippen LogP contribution is 2.32. The van der Waals surface area contributed by atoms with Gasteiger partial charge in [-0.1, -0.05) is 0 Å². The van der Waals surface area contributed by atoms with E-state index in [2.05, 4.69) is 0 Å². The van der Waals surface area contributed by atoms with Crippen LogP contribution in [-0.2, 0) is 21.1 Å². The zero-order chi connectivity index (χ0) is 9.31. The van der Waals surface area contributed by atoms with Crippen LogP contribution < -0.4 is 0 Å². The van der Waals surface area contributed by atoms with Gasteiger partial charge >= 0.3 is 5.79 Å². The van der Waals surface area contributed by atoms with Crippen LogP contribution in [0.3, 0.4) is 0 Å². The third kappa shape index (κ3) is 1.40. The molecule has 1 aliphatic heterocycles. The lowest BCUT2D eigenvalue weighted by Gasteiger charge is -2.19. The highest BCUT2D eigenvalue weighted by Gasteiger charge is 2.35. The van der Waals surface area contributed by atoms with Gasteiger partial charge in [-0.25, -0.2) is 0 Å². The van der Waals surface area contributed by atoms with Crippen LogP contribution in [0.5, 0.6) is 0 Å². The van der Waals surface area contributed by atoms with E-state index in [1.54, 1.807) is 19.1 Å². The van der Waals surface area contributed by atoms with Gasteiger partial charge in [-0.2, -0.15) is 0 Å². The summed E-state index contributed by atoms with van der Waals surface area (Å²) in [4.78, 5) is 0. The van der Waals surface area contributed by atoms with Crippen molar-refractivity contribution < 1.29 is 13.9 Å². The van der Waals surface area contributed by atoms with Crippen LogP contribution in [0, 0.1) is 0 Å². The minimum absolute atomic E-state index is 0.351. The van der Waals surface area contributed by atoms with E-state index in [1.165, 1.54) is 12.5 Å². The van der Waals surface area contributed by atoms with Gasteiger partial charge in [0.25, 0.3) is 0 Å². The van der Waals surface area contributed by atoms with Crippen molar-refractivity contribution in [3.8, 4) is 0 Å². The predicted octanol–water partition coefficient (Wildman–Crippen LogP) is 2.71. The number of furan rings is 1. The number of alkyl halides is 1. The number of hydrogen-bond donors (Lipinski definition) is 0. The van der Waals surface area contributed by atoms with Gasteiger partial charge in [0.05, 0.1) is 5.88 Å². The maximum absolute atomic E-state index is 5.60. The highest BCUT2D eigenvalue weighted by molar-refractivity contribution is 6.16. The van der Waals surface area contributed by atoms with Gasteiger partial charge in [-0.05, 0) is 12.1 Å². The molecule has 0 radical (unpaired) electrons. The van der Waals surface area contributed by atoms with Gasteiger partial charge < -0.3 is 13.9 Å². The zero-order valence-electron chi connectivity index (χ0n) is 7.12. The van der Waals surface area contributed by atoms with E-state index >= 15 is 0 Å². The molecule has 0 saturated carbocycles. The Morgan fingerprint density at radius 2 is 2.00 bits per heavy atom. The van der Waals surface area contributed by atoms with Gasteiger partial charge in [0.2, 0.25) is 0 Å². The molecule has 0 atom stereocenters. The third-order valence-corrected chi connectivity index (χ3v) is 2.15. The summed E-state index contributed by atoms with van der Waals surface area (Å²) < 4.78 is 15.9. The Hall–Kier alpha value is -1.09. The molecule has 3 nitrogen and oxygen atoms in total. The maximum atomic E-state index is 5.60. The van der Waals surface area contributed by atoms with Gasteiger partial charge in [0.1, 0.15) is 18.3 Å². The summed E-state index contributed by atoms with van der Waals surface area (Å²) in [6, 6.07) is 3.60. The summed E-state index contributed by atoms with van der Waals surface area (Å²) in [5.74, 6) is 0.846. The molecule has 0 N–H and O–H groups in total. The van der Waals surface area contributed by atoms with Gasteiger partial charge in [0.15, 0.2) is 5.76 Å². The number of hydrogen-bond acceptors (Lipinski definition) is 3. The Balaban J connectivity index is 2.24. The summed E-state index contributed by atoms with van der Waals surface area (Å²) in [5, 5.41) is 0. The first-order chi connectivity index (χ1) is 6.24. The van der Waals surface area contributed by atoms with E-state index < -0.39 is 5.79 Å². The zero-order valence-corrected chi connectivity index (χ0v) is 7.88. The predicted molar refractivity (Wildman–Crippen MR) is 46.9 cm³/mol. The first-order valence-corrected chi connectivity index (χ1v) is 4.44. The van der Waals surface area contributed by atoms with E-state index in [0.29, 0.717) is 17.4 Å². The van der Waals surface area contributed by atoms with Gasteiger partial charge in [-0.3, -0.25) is 0 Å². The normalized spacial score (nSPS) is 18.3. The van der Waals surface area contributed by atoms with E-state index in [1.807, 2.05) is 0 Å². The van der Waals surface area contributed by atoms with Crippen molar-refractivity contribution in [2.24, 2.45) is 0 Å². The minimum Gasteiger partial charge on any atom is -0.457 e. The van der Waals surface area contributed by atoms with Crippen molar-refractivity contribution >= 4 is 11.6 Å². The SMILES string of the molecule is CC1(c2ccc(CCl)o2)OC=CO1. The molecule has 0 unspecified atom stereocenters. The van der Waals surface area contributed by atoms with Crippen LogP contribution >= 0.6 is 11.6 Å². The summed E-state index contributed by atoms with van der Waals surface area (Å²) in [6.07, 6.45) is 2.98. The van der Waals surface area contributed by atoms with Crippen LogP contribution in [0.1, 0.15) is 18.4 Å². The van der Waals surface area contributed by atoms with Crippen molar-refractivity contribution in [3.05, 3.63) is 36.2 Å². The van der Waals surface area contributed by atoms with Gasteiger partial charge in [-0.15, -0.1) is 11.6 Å². The molecule has 13 heavy (non-hydrogen) atoms. The summed E-state index contributed by atoms with van der Waals surface area (Å²) in [5.41, 5.74) is 0. The fraction of sp³-hybridized carbons (Fsp3) is 0.333. The van der Waals surface area contributed by atoms with Crippen molar-refractivity contribution in [1.82, 2.24) is 0 Å². The Labute approximate surface area is 80.9 Å². The molecular weight excluding hydrogens is 192 g/mol. The molecule has 1 aromatic heterocycles. The van der Waals surface area contributed by atoms with Crippen LogP contribution in [-0.4, -0.2) is 0 Å². The van der Waals surface area contributed by atoms with Crippen molar-refractivity contribution in [2.75, 3.05) is 0 Å². The lowest BCUT2D eigenvalue weighted by atomic mass is 10.2. The molecule has 0 saturated heterocycles. The molecule has 0 bridgehead atoms. The molecule has 0 spiro atoms. The number of rotatable bonds is 2. The molecule has 0 aromatic carbocycles. The van der Waals surface area contributed by atoms with Crippen LogP contribution in [0.2, 0.25) is 0 Å². The average Bonchev–Trinajstić information content (AvgIpc) is 2.72. The molecule has 2 rings (SSSR count). The van der Waals surface area contributed by atoms with Crippen molar-refractivity contribution in [3.63, 3.8) is 0 Å². The smallest absolute Gasteiger partial charge is 0.306 e. The van der Waals surface area contributed by atoms with Crippen molar-refractivity contribution in [2.45, 2.75) is 18.6 Å². The molecule has 1 aromatic rings. The van der Waals surface area contributed by atoms with Crippen molar-refractivity contribution in [1.29, 1.82) is 0 Å². The summed E-state index contributed by atoms with van der Waals surface area (Å²) in [6.45, 7) is 1.78. The van der Waals surface area contributed by atoms with Crippen LogP contribution in [0.4, 0.5) is 0 Å². The molecule has 0 amide bonds. The molecular formula is C9H9ClO3. The topological polar surface area (TPSA) is 31.6 Å². The standard InChI is InChI=1S/C9H9ClO3/c1-9(11-4-5-12-9)8-3-2-7(6-10)13-8/h2-5H,6H2,1H3. The average molecular weight is 201 g/mol. The molecule has 0 fully saturated rings. The molecule has 4 heteroatoms. The first kappa shape index (κ1) is 8.51. The molecule has 0 aliphatic carbocycles. The Morgan fingerprint density at radius 3 is 2.54 bits per heavy atom. The molecule has 70 valence electrons. The quantitative estimate of drug-likeness (QED) is 0.688. The minimum atomic E-state index is -0.829. The Bertz CT molecular complexity index is 321. The summed E-state index contributed by atoms with van der Waals surface area (Å²) in [7, 11) is 0. The fourth-order valence-electron chi connectivity index (χ4n) is 1.15. The Kier molecular flexibility index (Phi) is 1.96. The van der Waals surface area contributed by atoms with E-state index in [0.717, 1.165) is 0 Å². The monoisotopic (exact) mass is 200 g/mol. The molecule has 2 heterocycles. The Morgan fingerprint density at radius 1 is 1.31 bits per heavy atom. The molecule has 1 aliphatic rings. The number of halogens is 1.